The van der Waals surface area contributed by atoms with Crippen LogP contribution in [-0.4, -0.2) is 34.0 Å². The summed E-state index contributed by atoms with van der Waals surface area (Å²) in [5.74, 6) is 4.18. The van der Waals surface area contributed by atoms with E-state index in [-0.39, 0.29) is 0 Å². The Morgan fingerprint density at radius 2 is 2.17 bits per heavy atom. The van der Waals surface area contributed by atoms with Crippen LogP contribution < -0.4 is 14.8 Å². The molecule has 1 atom stereocenters. The van der Waals surface area contributed by atoms with Gasteiger partial charge in [0.25, 0.3) is 0 Å². The summed E-state index contributed by atoms with van der Waals surface area (Å²) >= 11 is 0. The number of rotatable bonds is 4. The number of hydrogen-bond acceptors (Lipinski definition) is 5. The van der Waals surface area contributed by atoms with Crippen LogP contribution in [0, 0.1) is 0 Å². The molecule has 0 saturated heterocycles. The monoisotopic (exact) mass is 328 g/mol. The maximum absolute atomic E-state index is 5.79. The van der Waals surface area contributed by atoms with Crippen LogP contribution in [0.5, 0.6) is 11.5 Å². The summed E-state index contributed by atoms with van der Waals surface area (Å²) in [6.45, 7) is 7.17. The molecule has 2 aromatic rings. The van der Waals surface area contributed by atoms with Gasteiger partial charge in [0.05, 0.1) is 6.54 Å². The number of hydrogen-bond donors (Lipinski definition) is 1. The lowest BCUT2D eigenvalue weighted by atomic mass is 10.1. The first-order chi connectivity index (χ1) is 11.7. The quantitative estimate of drug-likeness (QED) is 0.933. The van der Waals surface area contributed by atoms with E-state index >= 15 is 0 Å². The third kappa shape index (κ3) is 2.98. The van der Waals surface area contributed by atoms with Gasteiger partial charge in [0, 0.05) is 30.5 Å². The summed E-state index contributed by atoms with van der Waals surface area (Å²) in [4.78, 5) is 4.65. The fraction of sp³-hybridized carbons (Fsp3) is 0.556. The van der Waals surface area contributed by atoms with Gasteiger partial charge in [-0.2, -0.15) is 5.10 Å². The van der Waals surface area contributed by atoms with Crippen LogP contribution in [-0.2, 0) is 19.5 Å². The minimum Gasteiger partial charge on any atom is -0.486 e. The number of ether oxygens (including phenoxy) is 2. The first-order valence-electron chi connectivity index (χ1n) is 8.75. The van der Waals surface area contributed by atoms with Crippen LogP contribution in [0.1, 0.15) is 43.4 Å². The molecule has 24 heavy (non-hydrogen) atoms. The molecule has 0 fully saturated rings. The van der Waals surface area contributed by atoms with Gasteiger partial charge in [0.15, 0.2) is 17.3 Å². The van der Waals surface area contributed by atoms with E-state index in [0.29, 0.717) is 25.2 Å². The second-order valence-electron chi connectivity index (χ2n) is 6.78. The highest BCUT2D eigenvalue weighted by Gasteiger charge is 2.23. The smallest absolute Gasteiger partial charge is 0.165 e. The molecule has 128 valence electrons. The number of aromatic nitrogens is 3. The highest BCUT2D eigenvalue weighted by Crippen LogP contribution is 2.33. The summed E-state index contributed by atoms with van der Waals surface area (Å²) < 4.78 is 13.5. The Balaban J connectivity index is 1.42. The fourth-order valence-corrected chi connectivity index (χ4v) is 3.27. The summed E-state index contributed by atoms with van der Waals surface area (Å²) in [7, 11) is 0. The Morgan fingerprint density at radius 1 is 1.29 bits per heavy atom. The lowest BCUT2D eigenvalue weighted by Crippen LogP contribution is -2.37. The van der Waals surface area contributed by atoms with Crippen molar-refractivity contribution >= 4 is 0 Å². The molecular weight excluding hydrogens is 304 g/mol. The number of para-hydroxylation sites is 1. The lowest BCUT2D eigenvalue weighted by Gasteiger charge is -2.25. The van der Waals surface area contributed by atoms with Crippen molar-refractivity contribution < 1.29 is 9.47 Å². The van der Waals surface area contributed by atoms with Gasteiger partial charge in [-0.1, -0.05) is 26.0 Å². The molecule has 4 rings (SSSR count). The Kier molecular flexibility index (Phi) is 4.14. The van der Waals surface area contributed by atoms with E-state index < -0.39 is 0 Å². The van der Waals surface area contributed by atoms with Gasteiger partial charge in [0.1, 0.15) is 19.0 Å². The number of nitrogens with one attached hydrogen (secondary N) is 1. The molecular formula is C18H24N4O2. The van der Waals surface area contributed by atoms with Crippen LogP contribution >= 0.6 is 0 Å². The standard InChI is InChI=1S/C18H24N4O2/c1-12(2)18-20-16-7-6-14(11-22(16)21-18)19-10-13-4-3-5-15-17(13)24-9-8-23-15/h3-5,12,14,19H,6-11H2,1-2H3/t14-/m1/s1. The van der Waals surface area contributed by atoms with Gasteiger partial charge < -0.3 is 14.8 Å². The van der Waals surface area contributed by atoms with Crippen LogP contribution in [0.2, 0.25) is 0 Å². The van der Waals surface area contributed by atoms with Crippen LogP contribution in [0.4, 0.5) is 0 Å². The van der Waals surface area contributed by atoms with E-state index in [1.165, 1.54) is 0 Å². The second-order valence-corrected chi connectivity index (χ2v) is 6.78. The third-order valence-corrected chi connectivity index (χ3v) is 4.62. The first kappa shape index (κ1) is 15.4. The van der Waals surface area contributed by atoms with Crippen molar-refractivity contribution in [3.63, 3.8) is 0 Å². The first-order valence-corrected chi connectivity index (χ1v) is 8.75. The van der Waals surface area contributed by atoms with Crippen LogP contribution in [0.25, 0.3) is 0 Å². The molecule has 2 aliphatic heterocycles. The van der Waals surface area contributed by atoms with Gasteiger partial charge in [-0.05, 0) is 12.5 Å². The number of nitrogens with zero attached hydrogens (tertiary/aromatic N) is 3. The van der Waals surface area contributed by atoms with E-state index in [4.69, 9.17) is 9.47 Å². The highest BCUT2D eigenvalue weighted by atomic mass is 16.6. The van der Waals surface area contributed by atoms with Crippen molar-refractivity contribution in [2.45, 2.75) is 51.7 Å². The molecule has 0 saturated carbocycles. The van der Waals surface area contributed by atoms with Gasteiger partial charge in [-0.25, -0.2) is 9.67 Å². The van der Waals surface area contributed by atoms with Gasteiger partial charge in [-0.15, -0.1) is 0 Å². The molecule has 0 bridgehead atoms. The van der Waals surface area contributed by atoms with Crippen molar-refractivity contribution in [3.05, 3.63) is 35.4 Å². The molecule has 0 amide bonds. The zero-order chi connectivity index (χ0) is 16.5. The molecule has 3 heterocycles. The summed E-state index contributed by atoms with van der Waals surface area (Å²) in [5.41, 5.74) is 1.15. The largest absolute Gasteiger partial charge is 0.486 e. The van der Waals surface area contributed by atoms with Crippen LogP contribution in [0.3, 0.4) is 0 Å². The third-order valence-electron chi connectivity index (χ3n) is 4.62. The SMILES string of the molecule is CC(C)c1nc2n(n1)C[C@H](NCc1cccc3c1OCCO3)CC2. The molecule has 6 heteroatoms. The van der Waals surface area contributed by atoms with Crippen LogP contribution in [0.15, 0.2) is 18.2 Å². The maximum Gasteiger partial charge on any atom is 0.165 e. The molecule has 1 N–H and O–H groups in total. The Hall–Kier alpha value is -2.08. The molecule has 0 radical (unpaired) electrons. The minimum absolute atomic E-state index is 0.377. The van der Waals surface area contributed by atoms with Crippen molar-refractivity contribution in [2.24, 2.45) is 0 Å². The van der Waals surface area contributed by atoms with E-state index in [1.807, 2.05) is 12.1 Å². The summed E-state index contributed by atoms with van der Waals surface area (Å²) in [6.07, 6.45) is 2.06. The Labute approximate surface area is 142 Å². The van der Waals surface area contributed by atoms with Gasteiger partial charge in [0.2, 0.25) is 0 Å². The molecule has 0 unspecified atom stereocenters. The molecule has 1 aromatic carbocycles. The lowest BCUT2D eigenvalue weighted by molar-refractivity contribution is 0.169. The zero-order valence-electron chi connectivity index (χ0n) is 14.3. The highest BCUT2D eigenvalue weighted by molar-refractivity contribution is 5.47. The Bertz CT molecular complexity index is 726. The molecule has 6 nitrogen and oxygen atoms in total. The zero-order valence-corrected chi connectivity index (χ0v) is 14.3. The average Bonchev–Trinajstić information content (AvgIpc) is 3.03. The average molecular weight is 328 g/mol. The summed E-state index contributed by atoms with van der Waals surface area (Å²) in [6, 6.07) is 6.49. The molecule has 1 aromatic heterocycles. The fourth-order valence-electron chi connectivity index (χ4n) is 3.27. The van der Waals surface area contributed by atoms with E-state index in [9.17, 15) is 0 Å². The van der Waals surface area contributed by atoms with Crippen molar-refractivity contribution in [1.29, 1.82) is 0 Å². The van der Waals surface area contributed by atoms with Crippen molar-refractivity contribution in [2.75, 3.05) is 13.2 Å². The van der Waals surface area contributed by atoms with E-state index in [2.05, 4.69) is 40.0 Å². The molecule has 2 aliphatic rings. The summed E-state index contributed by atoms with van der Waals surface area (Å²) in [5, 5.41) is 8.29. The van der Waals surface area contributed by atoms with Crippen molar-refractivity contribution in [3.8, 4) is 11.5 Å². The molecule has 0 spiro atoms. The number of fused-ring (bicyclic) bond motifs is 2. The normalized spacial score (nSPS) is 19.4. The van der Waals surface area contributed by atoms with Gasteiger partial charge >= 0.3 is 0 Å². The van der Waals surface area contributed by atoms with Crippen molar-refractivity contribution in [1.82, 2.24) is 20.1 Å². The number of benzene rings is 1. The van der Waals surface area contributed by atoms with E-state index in [0.717, 1.165) is 54.6 Å². The number of aryl methyl sites for hydroxylation is 1. The topological polar surface area (TPSA) is 61.2 Å². The minimum atomic E-state index is 0.377. The van der Waals surface area contributed by atoms with E-state index in [1.54, 1.807) is 0 Å². The van der Waals surface area contributed by atoms with Gasteiger partial charge in [-0.3, -0.25) is 0 Å². The second kappa shape index (κ2) is 6.43. The molecule has 0 aliphatic carbocycles. The Morgan fingerprint density at radius 3 is 3.04 bits per heavy atom. The predicted molar refractivity (Wildman–Crippen MR) is 90.5 cm³/mol. The predicted octanol–water partition coefficient (Wildman–Crippen LogP) is 2.28. The maximum atomic E-state index is 5.79.